The highest BCUT2D eigenvalue weighted by Gasteiger charge is 2.72. The molecule has 2 bridgehead atoms. The second-order valence-electron chi connectivity index (χ2n) is 6.62. The molecular formula is C12H18F4O6S2. The van der Waals surface area contributed by atoms with Gasteiger partial charge in [-0.05, 0) is 44.9 Å². The molecule has 0 heterocycles. The van der Waals surface area contributed by atoms with E-state index < -0.39 is 66.9 Å². The molecule has 4 atom stereocenters. The number of fused-ring (bicyclic) bond motifs is 2. The summed E-state index contributed by atoms with van der Waals surface area (Å²) in [4.78, 5) is 0. The predicted molar refractivity (Wildman–Crippen MR) is 74.7 cm³/mol. The number of hydrogen-bond acceptors (Lipinski definition) is 5. The third kappa shape index (κ3) is 3.06. The number of alkyl halides is 4. The van der Waals surface area contributed by atoms with Crippen molar-refractivity contribution >= 4 is 20.2 Å². The van der Waals surface area contributed by atoms with Crippen LogP contribution in [0.5, 0.6) is 0 Å². The van der Waals surface area contributed by atoms with Crippen molar-refractivity contribution in [1.82, 2.24) is 0 Å². The fourth-order valence-electron chi connectivity index (χ4n) is 3.46. The lowest BCUT2D eigenvalue weighted by Crippen LogP contribution is -2.53. The molecule has 0 saturated heterocycles. The summed E-state index contributed by atoms with van der Waals surface area (Å²) in [5, 5.41) is -6.44. The van der Waals surface area contributed by atoms with Gasteiger partial charge >= 0.3 is 21.3 Å². The fourth-order valence-corrected chi connectivity index (χ4v) is 4.75. The van der Waals surface area contributed by atoms with Crippen LogP contribution in [-0.4, -0.2) is 43.9 Å². The molecule has 0 aliphatic heterocycles. The van der Waals surface area contributed by atoms with Crippen molar-refractivity contribution in [1.29, 1.82) is 0 Å². The minimum absolute atomic E-state index is 0.0418. The van der Waals surface area contributed by atoms with Crippen LogP contribution < -0.4 is 0 Å². The first kappa shape index (κ1) is 19.9. The summed E-state index contributed by atoms with van der Waals surface area (Å²) in [6, 6.07) is 0. The summed E-state index contributed by atoms with van der Waals surface area (Å²) < 4.78 is 113. The lowest BCUT2D eigenvalue weighted by Gasteiger charge is -2.35. The van der Waals surface area contributed by atoms with Crippen molar-refractivity contribution in [2.75, 3.05) is 0 Å². The molecule has 2 saturated carbocycles. The minimum Gasteiger partial charge on any atom is -0.281 e. The lowest BCUT2D eigenvalue weighted by molar-refractivity contribution is -0.204. The summed E-state index contributed by atoms with van der Waals surface area (Å²) in [7, 11) is -10.2. The smallest absolute Gasteiger partial charge is 0.281 e. The quantitative estimate of drug-likeness (QED) is 0.419. The van der Waals surface area contributed by atoms with E-state index in [0.717, 1.165) is 0 Å². The molecule has 0 aromatic rings. The van der Waals surface area contributed by atoms with Crippen molar-refractivity contribution in [3.63, 3.8) is 0 Å². The van der Waals surface area contributed by atoms with Crippen LogP contribution in [0, 0.1) is 17.8 Å². The molecular weight excluding hydrogens is 380 g/mol. The van der Waals surface area contributed by atoms with E-state index in [2.05, 4.69) is 0 Å². The Labute approximate surface area is 137 Å². The SMILES string of the molecule is CC(C)S(=O)(=O)OC1CC2CC1CC2C(F)(F)C(F)(F)S(=O)(=O)O. The Balaban J connectivity index is 2.16. The Bertz CT molecular complexity index is 703. The Morgan fingerprint density at radius 3 is 1.92 bits per heavy atom. The highest BCUT2D eigenvalue weighted by molar-refractivity contribution is 7.87. The predicted octanol–water partition coefficient (Wildman–Crippen LogP) is 2.27. The van der Waals surface area contributed by atoms with Gasteiger partial charge in [0.05, 0.1) is 11.4 Å². The Kier molecular flexibility index (Phi) is 4.78. The molecule has 1 N–H and O–H groups in total. The Morgan fingerprint density at radius 1 is 1.00 bits per heavy atom. The van der Waals surface area contributed by atoms with Gasteiger partial charge in [-0.15, -0.1) is 0 Å². The maximum absolute atomic E-state index is 14.0. The van der Waals surface area contributed by atoms with Crippen molar-refractivity contribution in [2.45, 2.75) is 55.6 Å². The maximum Gasteiger partial charge on any atom is 0.431 e. The number of halogens is 4. The molecule has 2 fully saturated rings. The van der Waals surface area contributed by atoms with E-state index in [9.17, 15) is 34.4 Å². The molecule has 0 spiro atoms. The van der Waals surface area contributed by atoms with E-state index in [0.29, 0.717) is 0 Å². The van der Waals surface area contributed by atoms with E-state index >= 15 is 0 Å². The van der Waals surface area contributed by atoms with Gasteiger partial charge in [-0.2, -0.15) is 34.4 Å². The van der Waals surface area contributed by atoms with Crippen molar-refractivity contribution < 1.29 is 43.1 Å². The zero-order valence-electron chi connectivity index (χ0n) is 12.8. The first-order valence-electron chi connectivity index (χ1n) is 7.26. The molecule has 0 radical (unpaired) electrons. The second kappa shape index (κ2) is 5.78. The molecule has 0 aromatic carbocycles. The molecule has 24 heavy (non-hydrogen) atoms. The molecule has 0 amide bonds. The fraction of sp³-hybridized carbons (Fsp3) is 1.00. The standard InChI is InChI=1S/C12H18F4O6S2/c1-6(2)23(17,18)22-10-5-7-3-8(10)4-9(7)11(13,14)12(15,16)24(19,20)21/h6-10H,3-5H2,1-2H3,(H,19,20,21). The van der Waals surface area contributed by atoms with Crippen LogP contribution in [0.3, 0.4) is 0 Å². The first-order valence-corrected chi connectivity index (χ1v) is 10.2. The van der Waals surface area contributed by atoms with Gasteiger partial charge in [0, 0.05) is 5.92 Å². The van der Waals surface area contributed by atoms with Gasteiger partial charge in [-0.25, -0.2) is 0 Å². The highest BCUT2D eigenvalue weighted by Crippen LogP contribution is 2.58. The summed E-state index contributed by atoms with van der Waals surface area (Å²) in [6.07, 6.45) is -1.52. The monoisotopic (exact) mass is 398 g/mol. The summed E-state index contributed by atoms with van der Waals surface area (Å²) in [5.41, 5.74) is 0. The molecule has 142 valence electrons. The third-order valence-corrected chi connectivity index (χ3v) is 7.40. The molecule has 0 aromatic heterocycles. The molecule has 2 aliphatic carbocycles. The molecule has 2 rings (SSSR count). The summed E-state index contributed by atoms with van der Waals surface area (Å²) >= 11 is 0. The van der Waals surface area contributed by atoms with Crippen LogP contribution in [0.25, 0.3) is 0 Å². The summed E-state index contributed by atoms with van der Waals surface area (Å²) in [6.45, 7) is 2.76. The van der Waals surface area contributed by atoms with Crippen LogP contribution in [-0.2, 0) is 24.4 Å². The molecule has 12 heteroatoms. The van der Waals surface area contributed by atoms with Crippen LogP contribution in [0.1, 0.15) is 33.1 Å². The first-order chi connectivity index (χ1) is 10.6. The van der Waals surface area contributed by atoms with Crippen LogP contribution in [0.4, 0.5) is 17.6 Å². The zero-order valence-corrected chi connectivity index (χ0v) is 14.5. The average Bonchev–Trinajstić information content (AvgIpc) is 2.96. The molecule has 6 nitrogen and oxygen atoms in total. The number of rotatable bonds is 6. The molecule has 2 aliphatic rings. The van der Waals surface area contributed by atoms with E-state index in [1.807, 2.05) is 0 Å². The minimum atomic E-state index is -6.28. The Morgan fingerprint density at radius 2 is 1.54 bits per heavy atom. The van der Waals surface area contributed by atoms with Gasteiger partial charge in [0.25, 0.3) is 10.1 Å². The zero-order chi connectivity index (χ0) is 18.7. The average molecular weight is 398 g/mol. The van der Waals surface area contributed by atoms with Crippen molar-refractivity contribution in [3.8, 4) is 0 Å². The van der Waals surface area contributed by atoms with E-state index in [4.69, 9.17) is 8.74 Å². The van der Waals surface area contributed by atoms with E-state index in [1.165, 1.54) is 13.8 Å². The van der Waals surface area contributed by atoms with Gasteiger partial charge in [0.1, 0.15) is 0 Å². The summed E-state index contributed by atoms with van der Waals surface area (Å²) in [5.74, 6) is -8.62. The van der Waals surface area contributed by atoms with Gasteiger partial charge in [0.15, 0.2) is 0 Å². The van der Waals surface area contributed by atoms with Crippen LogP contribution >= 0.6 is 0 Å². The van der Waals surface area contributed by atoms with E-state index in [-0.39, 0.29) is 12.8 Å². The number of hydrogen-bond donors (Lipinski definition) is 1. The van der Waals surface area contributed by atoms with Gasteiger partial charge < -0.3 is 0 Å². The Hall–Kier alpha value is -0.460. The van der Waals surface area contributed by atoms with Crippen LogP contribution in [0.2, 0.25) is 0 Å². The normalized spacial score (nSPS) is 31.8. The largest absolute Gasteiger partial charge is 0.431 e. The van der Waals surface area contributed by atoms with Crippen molar-refractivity contribution in [2.24, 2.45) is 17.8 Å². The van der Waals surface area contributed by atoms with Gasteiger partial charge in [0.2, 0.25) is 0 Å². The maximum atomic E-state index is 14.0. The second-order valence-corrected chi connectivity index (χ2v) is 10.2. The van der Waals surface area contributed by atoms with E-state index in [1.54, 1.807) is 0 Å². The van der Waals surface area contributed by atoms with Gasteiger partial charge in [-0.1, -0.05) is 0 Å². The van der Waals surface area contributed by atoms with Crippen LogP contribution in [0.15, 0.2) is 0 Å². The topological polar surface area (TPSA) is 97.7 Å². The lowest BCUT2D eigenvalue weighted by atomic mass is 9.83. The third-order valence-electron chi connectivity index (χ3n) is 4.80. The highest BCUT2D eigenvalue weighted by atomic mass is 32.2. The van der Waals surface area contributed by atoms with Crippen molar-refractivity contribution in [3.05, 3.63) is 0 Å². The van der Waals surface area contributed by atoms with Gasteiger partial charge in [-0.3, -0.25) is 8.74 Å². The molecule has 4 unspecified atom stereocenters.